The van der Waals surface area contributed by atoms with E-state index in [1.54, 1.807) is 0 Å². The van der Waals surface area contributed by atoms with Crippen LogP contribution in [0.4, 0.5) is 0 Å². The van der Waals surface area contributed by atoms with Crippen molar-refractivity contribution in [3.8, 4) is 5.75 Å². The van der Waals surface area contributed by atoms with Crippen molar-refractivity contribution in [1.29, 1.82) is 0 Å². The van der Waals surface area contributed by atoms with Crippen LogP contribution in [0, 0.1) is 3.57 Å². The van der Waals surface area contributed by atoms with Crippen molar-refractivity contribution in [1.82, 2.24) is 5.43 Å². The molecule has 0 spiro atoms. The first kappa shape index (κ1) is 15.3. The van der Waals surface area contributed by atoms with Crippen LogP contribution in [-0.4, -0.2) is 6.61 Å². The molecule has 0 radical (unpaired) electrons. The van der Waals surface area contributed by atoms with E-state index < -0.39 is 0 Å². The Labute approximate surface area is 146 Å². The van der Waals surface area contributed by atoms with Crippen LogP contribution in [0.2, 0.25) is 0 Å². The summed E-state index contributed by atoms with van der Waals surface area (Å²) in [6.45, 7) is 0.767. The fraction of sp³-hybridized carbons (Fsp3) is 0.250. The molecule has 5 heteroatoms. The Hall–Kier alpha value is -0.630. The SMILES string of the molecule is NNC(Cc1cc(Br)cc2c1OCC2)c1cccc(I)c1. The summed E-state index contributed by atoms with van der Waals surface area (Å²) in [4.78, 5) is 0. The normalized spacial score (nSPS) is 14.6. The number of hydrogen-bond acceptors (Lipinski definition) is 3. The maximum atomic E-state index is 5.80. The molecule has 0 aliphatic carbocycles. The molecule has 2 aromatic carbocycles. The lowest BCUT2D eigenvalue weighted by Gasteiger charge is -2.18. The van der Waals surface area contributed by atoms with Crippen molar-refractivity contribution < 1.29 is 4.74 Å². The minimum atomic E-state index is 0.0716. The maximum absolute atomic E-state index is 5.80. The van der Waals surface area contributed by atoms with Gasteiger partial charge in [-0.2, -0.15) is 0 Å². The Morgan fingerprint density at radius 3 is 2.95 bits per heavy atom. The first-order valence-electron chi connectivity index (χ1n) is 6.83. The van der Waals surface area contributed by atoms with Crippen LogP contribution in [0.3, 0.4) is 0 Å². The zero-order valence-electron chi connectivity index (χ0n) is 11.4. The smallest absolute Gasteiger partial charge is 0.125 e. The Morgan fingerprint density at radius 1 is 1.33 bits per heavy atom. The summed E-state index contributed by atoms with van der Waals surface area (Å²) in [6, 6.07) is 12.7. The first-order chi connectivity index (χ1) is 10.2. The third-order valence-corrected chi connectivity index (χ3v) is 4.83. The zero-order valence-corrected chi connectivity index (χ0v) is 15.1. The van der Waals surface area contributed by atoms with Crippen LogP contribution < -0.4 is 16.0 Å². The minimum Gasteiger partial charge on any atom is -0.493 e. The van der Waals surface area contributed by atoms with Crippen molar-refractivity contribution >= 4 is 38.5 Å². The van der Waals surface area contributed by atoms with Gasteiger partial charge in [-0.15, -0.1) is 0 Å². The number of hydrogen-bond donors (Lipinski definition) is 2. The van der Waals surface area contributed by atoms with Gasteiger partial charge in [-0.1, -0.05) is 28.1 Å². The van der Waals surface area contributed by atoms with Gasteiger partial charge >= 0.3 is 0 Å². The Bertz CT molecular complexity index is 663. The number of nitrogens with one attached hydrogen (secondary N) is 1. The highest BCUT2D eigenvalue weighted by Gasteiger charge is 2.20. The third kappa shape index (κ3) is 3.41. The molecule has 1 aliphatic rings. The lowest BCUT2D eigenvalue weighted by Crippen LogP contribution is -2.29. The fourth-order valence-electron chi connectivity index (χ4n) is 2.71. The molecular weight excluding hydrogens is 443 g/mol. The molecule has 0 bridgehead atoms. The molecule has 1 unspecified atom stereocenters. The number of halogens is 2. The van der Waals surface area contributed by atoms with Crippen LogP contribution in [0.25, 0.3) is 0 Å². The number of hydrazine groups is 1. The lowest BCUT2D eigenvalue weighted by molar-refractivity contribution is 0.351. The van der Waals surface area contributed by atoms with Gasteiger partial charge in [0.1, 0.15) is 5.75 Å². The van der Waals surface area contributed by atoms with Gasteiger partial charge in [-0.25, -0.2) is 0 Å². The minimum absolute atomic E-state index is 0.0716. The quantitative estimate of drug-likeness (QED) is 0.417. The molecule has 110 valence electrons. The number of benzene rings is 2. The Kier molecular flexibility index (Phi) is 4.83. The van der Waals surface area contributed by atoms with Gasteiger partial charge < -0.3 is 4.74 Å². The lowest BCUT2D eigenvalue weighted by atomic mass is 9.97. The second-order valence-corrected chi connectivity index (χ2v) is 7.29. The maximum Gasteiger partial charge on any atom is 0.125 e. The van der Waals surface area contributed by atoms with E-state index in [9.17, 15) is 0 Å². The van der Waals surface area contributed by atoms with Crippen molar-refractivity contribution in [3.63, 3.8) is 0 Å². The molecular formula is C16H16BrIN2O. The van der Waals surface area contributed by atoms with Gasteiger partial charge in [0.15, 0.2) is 0 Å². The molecule has 0 saturated carbocycles. The number of rotatable bonds is 4. The first-order valence-corrected chi connectivity index (χ1v) is 8.70. The summed E-state index contributed by atoms with van der Waals surface area (Å²) >= 11 is 5.91. The van der Waals surface area contributed by atoms with Crippen molar-refractivity contribution in [2.75, 3.05) is 6.61 Å². The Balaban J connectivity index is 1.91. The summed E-state index contributed by atoms with van der Waals surface area (Å²) in [7, 11) is 0. The number of fused-ring (bicyclic) bond motifs is 1. The van der Waals surface area contributed by atoms with Crippen LogP contribution in [0.15, 0.2) is 40.9 Å². The average molecular weight is 459 g/mol. The predicted octanol–water partition coefficient (Wildman–Crippen LogP) is 3.74. The number of ether oxygens (including phenoxy) is 1. The highest BCUT2D eigenvalue weighted by atomic mass is 127. The summed E-state index contributed by atoms with van der Waals surface area (Å²) in [5, 5.41) is 0. The van der Waals surface area contributed by atoms with Crippen molar-refractivity contribution in [3.05, 3.63) is 61.1 Å². The van der Waals surface area contributed by atoms with Gasteiger partial charge in [0, 0.05) is 14.5 Å². The van der Waals surface area contributed by atoms with Crippen LogP contribution in [0.5, 0.6) is 5.75 Å². The Morgan fingerprint density at radius 2 is 2.19 bits per heavy atom. The second kappa shape index (κ2) is 6.64. The van der Waals surface area contributed by atoms with E-state index in [1.807, 2.05) is 0 Å². The van der Waals surface area contributed by atoms with E-state index in [0.717, 1.165) is 29.7 Å². The molecule has 3 N–H and O–H groups in total. The average Bonchev–Trinajstić information content (AvgIpc) is 2.92. The van der Waals surface area contributed by atoms with Crippen LogP contribution in [-0.2, 0) is 12.8 Å². The molecule has 1 aliphatic heterocycles. The monoisotopic (exact) mass is 458 g/mol. The van der Waals surface area contributed by atoms with E-state index in [2.05, 4.69) is 80.3 Å². The molecule has 2 aromatic rings. The van der Waals surface area contributed by atoms with Crippen LogP contribution >= 0.6 is 38.5 Å². The molecule has 0 amide bonds. The van der Waals surface area contributed by atoms with Gasteiger partial charge in [-0.05, 0) is 70.0 Å². The van der Waals surface area contributed by atoms with E-state index >= 15 is 0 Å². The van der Waals surface area contributed by atoms with Gasteiger partial charge in [-0.3, -0.25) is 11.3 Å². The van der Waals surface area contributed by atoms with E-state index in [1.165, 1.54) is 20.3 Å². The summed E-state index contributed by atoms with van der Waals surface area (Å²) < 4.78 is 8.11. The summed E-state index contributed by atoms with van der Waals surface area (Å²) in [5.74, 6) is 6.81. The van der Waals surface area contributed by atoms with E-state index in [0.29, 0.717) is 0 Å². The fourth-order valence-corrected chi connectivity index (χ4v) is 3.83. The standard InChI is InChI=1S/C16H16BrIN2O/c17-13-6-11-4-5-21-16(11)12(7-13)9-15(20-19)10-2-1-3-14(18)8-10/h1-3,6-8,15,20H,4-5,9,19H2. The van der Waals surface area contributed by atoms with Gasteiger partial charge in [0.2, 0.25) is 0 Å². The molecule has 0 aromatic heterocycles. The third-order valence-electron chi connectivity index (χ3n) is 3.70. The van der Waals surface area contributed by atoms with Crippen molar-refractivity contribution in [2.45, 2.75) is 18.9 Å². The zero-order chi connectivity index (χ0) is 14.8. The molecule has 1 atom stereocenters. The molecule has 0 fully saturated rings. The molecule has 0 saturated heterocycles. The number of nitrogens with two attached hydrogens (primary N) is 1. The van der Waals surface area contributed by atoms with Gasteiger partial charge in [0.05, 0.1) is 12.6 Å². The predicted molar refractivity (Wildman–Crippen MR) is 96.3 cm³/mol. The van der Waals surface area contributed by atoms with E-state index in [4.69, 9.17) is 10.6 Å². The molecule has 3 rings (SSSR count). The molecule has 3 nitrogen and oxygen atoms in total. The van der Waals surface area contributed by atoms with Gasteiger partial charge in [0.25, 0.3) is 0 Å². The largest absolute Gasteiger partial charge is 0.493 e. The highest BCUT2D eigenvalue weighted by molar-refractivity contribution is 14.1. The summed E-state index contributed by atoms with van der Waals surface area (Å²) in [5.41, 5.74) is 6.59. The van der Waals surface area contributed by atoms with E-state index in [-0.39, 0.29) is 6.04 Å². The topological polar surface area (TPSA) is 47.3 Å². The van der Waals surface area contributed by atoms with Crippen molar-refractivity contribution in [2.24, 2.45) is 5.84 Å². The molecule has 21 heavy (non-hydrogen) atoms. The highest BCUT2D eigenvalue weighted by Crippen LogP contribution is 2.35. The second-order valence-electron chi connectivity index (χ2n) is 5.13. The summed E-state index contributed by atoms with van der Waals surface area (Å²) in [6.07, 6.45) is 1.78. The molecule has 1 heterocycles. The van der Waals surface area contributed by atoms with Crippen LogP contribution in [0.1, 0.15) is 22.7 Å².